The summed E-state index contributed by atoms with van der Waals surface area (Å²) in [4.78, 5) is 27.1. The van der Waals surface area contributed by atoms with E-state index in [-0.39, 0.29) is 17.3 Å². The molecule has 1 saturated heterocycles. The van der Waals surface area contributed by atoms with Crippen LogP contribution in [-0.2, 0) is 10.2 Å². The maximum absolute atomic E-state index is 12.4. The molecule has 0 bridgehead atoms. The molecule has 6 N–H and O–H groups in total. The van der Waals surface area contributed by atoms with Crippen LogP contribution in [0.1, 0.15) is 51.8 Å². The van der Waals surface area contributed by atoms with Crippen LogP contribution in [0.3, 0.4) is 0 Å². The van der Waals surface area contributed by atoms with Gasteiger partial charge in [0.25, 0.3) is 0 Å². The Balaban J connectivity index is 1.12. The number of hydrogen-bond acceptors (Lipinski definition) is 9. The van der Waals surface area contributed by atoms with Crippen LogP contribution in [-0.4, -0.2) is 85.2 Å². The van der Waals surface area contributed by atoms with Crippen LogP contribution in [0.15, 0.2) is 36.9 Å². The smallest absolute Gasteiger partial charge is 0.319 e. The summed E-state index contributed by atoms with van der Waals surface area (Å²) >= 11 is 0. The highest BCUT2D eigenvalue weighted by Crippen LogP contribution is 2.34. The van der Waals surface area contributed by atoms with E-state index in [9.17, 15) is 15.0 Å². The average Bonchev–Trinajstić information content (AvgIpc) is 3.56. The summed E-state index contributed by atoms with van der Waals surface area (Å²) in [6.07, 6.45) is 2.28. The summed E-state index contributed by atoms with van der Waals surface area (Å²) in [6, 6.07) is 7.66. The number of urea groups is 1. The quantitative estimate of drug-likeness (QED) is 0.237. The number of fused-ring (bicyclic) bond motifs is 1. The minimum Gasteiger partial charge on any atom is -0.387 e. The summed E-state index contributed by atoms with van der Waals surface area (Å²) < 4.78 is 7.74. The van der Waals surface area contributed by atoms with E-state index in [0.717, 1.165) is 25.2 Å². The number of aliphatic hydroxyl groups is 2. The number of carbonyl (C=O) groups excluding carboxylic acids is 1. The molecule has 1 aliphatic heterocycles. The molecule has 2 amide bonds. The molecule has 0 spiro atoms. The van der Waals surface area contributed by atoms with Crippen molar-refractivity contribution in [2.24, 2.45) is 5.92 Å². The highest BCUT2D eigenvalue weighted by Gasteiger charge is 2.45. The Morgan fingerprint density at radius 1 is 1.12 bits per heavy atom. The molecule has 1 saturated carbocycles. The maximum atomic E-state index is 12.4. The van der Waals surface area contributed by atoms with Crippen molar-refractivity contribution in [3.63, 3.8) is 0 Å². The van der Waals surface area contributed by atoms with Gasteiger partial charge in [0.15, 0.2) is 17.7 Å². The highest BCUT2D eigenvalue weighted by atomic mass is 16.6. The van der Waals surface area contributed by atoms with E-state index in [1.807, 2.05) is 24.3 Å². The maximum Gasteiger partial charge on any atom is 0.319 e. The van der Waals surface area contributed by atoms with Gasteiger partial charge in [-0.25, -0.2) is 19.7 Å². The van der Waals surface area contributed by atoms with Gasteiger partial charge >= 0.3 is 6.03 Å². The van der Waals surface area contributed by atoms with Crippen molar-refractivity contribution in [3.8, 4) is 0 Å². The number of benzene rings is 1. The minimum absolute atomic E-state index is 0.0586. The first-order chi connectivity index (χ1) is 19.1. The third-order valence-electron chi connectivity index (χ3n) is 7.60. The van der Waals surface area contributed by atoms with Gasteiger partial charge in [0, 0.05) is 25.3 Å². The predicted octanol–water partition coefficient (Wildman–Crippen LogP) is 2.25. The van der Waals surface area contributed by atoms with E-state index in [4.69, 9.17) is 10.5 Å². The largest absolute Gasteiger partial charge is 0.387 e. The fourth-order valence-corrected chi connectivity index (χ4v) is 5.08. The molecular formula is C28H40N8O4. The number of aromatic nitrogens is 4. The first-order valence-electron chi connectivity index (χ1n) is 13.9. The van der Waals surface area contributed by atoms with Crippen LogP contribution in [0, 0.1) is 5.92 Å². The predicted molar refractivity (Wildman–Crippen MR) is 152 cm³/mol. The monoisotopic (exact) mass is 552 g/mol. The number of nitrogens with two attached hydrogens (primary N) is 1. The summed E-state index contributed by atoms with van der Waals surface area (Å²) in [5, 5.41) is 27.5. The Morgan fingerprint density at radius 2 is 1.88 bits per heavy atom. The molecule has 0 radical (unpaired) electrons. The number of nitrogens with zero attached hydrogens (tertiary/aromatic N) is 5. The molecule has 12 heteroatoms. The number of hydrogen-bond donors (Lipinski definition) is 5. The van der Waals surface area contributed by atoms with Crippen molar-refractivity contribution in [2.75, 3.05) is 37.2 Å². The zero-order valence-electron chi connectivity index (χ0n) is 23.3. The third kappa shape index (κ3) is 6.52. The van der Waals surface area contributed by atoms with Gasteiger partial charge < -0.3 is 36.2 Å². The van der Waals surface area contributed by atoms with Crippen molar-refractivity contribution in [3.05, 3.63) is 42.5 Å². The first-order valence-corrected chi connectivity index (χ1v) is 13.9. The number of nitrogen functional groups attached to an aromatic ring is 1. The molecule has 12 nitrogen and oxygen atoms in total. The van der Waals surface area contributed by atoms with Crippen molar-refractivity contribution in [2.45, 2.75) is 70.0 Å². The third-order valence-corrected chi connectivity index (χ3v) is 7.60. The van der Waals surface area contributed by atoms with E-state index in [2.05, 4.69) is 51.3 Å². The number of nitrogens with one attached hydrogen (secondary N) is 2. The summed E-state index contributed by atoms with van der Waals surface area (Å²) in [7, 11) is 0. The molecule has 2 aromatic heterocycles. The van der Waals surface area contributed by atoms with Crippen LogP contribution in [0.2, 0.25) is 0 Å². The molecule has 3 aromatic rings. The van der Waals surface area contributed by atoms with Crippen LogP contribution in [0.4, 0.5) is 16.3 Å². The van der Waals surface area contributed by atoms with Crippen molar-refractivity contribution < 1.29 is 19.7 Å². The number of carbonyl (C=O) groups is 1. The average molecular weight is 553 g/mol. The molecule has 4 atom stereocenters. The number of rotatable bonds is 10. The van der Waals surface area contributed by atoms with Crippen molar-refractivity contribution in [1.29, 1.82) is 0 Å². The highest BCUT2D eigenvalue weighted by molar-refractivity contribution is 5.89. The van der Waals surface area contributed by atoms with Gasteiger partial charge in [0.05, 0.1) is 6.33 Å². The van der Waals surface area contributed by atoms with E-state index in [0.29, 0.717) is 30.2 Å². The molecule has 1 aliphatic carbocycles. The van der Waals surface area contributed by atoms with Gasteiger partial charge in [0.2, 0.25) is 0 Å². The fraction of sp³-hybridized carbons (Fsp3) is 0.571. The lowest BCUT2D eigenvalue weighted by atomic mass is 9.87. The second-order valence-corrected chi connectivity index (χ2v) is 11.9. The SMILES string of the molecule is CC(C)(C)c1ccc(NC(=O)NCCCN(CC2CC2)CC2OC(n3cnc4c(N)ncnc43)C(O)C2O)cc1. The molecule has 216 valence electrons. The Hall–Kier alpha value is -3.32. The van der Waals surface area contributed by atoms with Crippen molar-refractivity contribution >= 4 is 28.7 Å². The number of aliphatic hydroxyl groups excluding tert-OH is 2. The number of anilines is 2. The summed E-state index contributed by atoms with van der Waals surface area (Å²) in [5.74, 6) is 0.869. The Bertz CT molecular complexity index is 1300. The number of amides is 2. The molecule has 3 heterocycles. The zero-order valence-corrected chi connectivity index (χ0v) is 23.3. The van der Waals surface area contributed by atoms with Crippen molar-refractivity contribution in [1.82, 2.24) is 29.7 Å². The number of imidazole rings is 1. The molecule has 40 heavy (non-hydrogen) atoms. The number of ether oxygens (including phenoxy) is 1. The second-order valence-electron chi connectivity index (χ2n) is 11.9. The molecule has 5 rings (SSSR count). The molecule has 4 unspecified atom stereocenters. The van der Waals surface area contributed by atoms with E-state index in [1.165, 1.54) is 31.1 Å². The van der Waals surface area contributed by atoms with E-state index in [1.54, 1.807) is 4.57 Å². The Kier molecular flexibility index (Phi) is 8.22. The van der Waals surface area contributed by atoms with Gasteiger partial charge in [-0.2, -0.15) is 0 Å². The summed E-state index contributed by atoms with van der Waals surface area (Å²) in [6.45, 7) is 9.04. The molecule has 2 aliphatic rings. The standard InChI is InChI=1S/C28H40N8O4/c1-28(2,3)18-7-9-19(10-8-18)34-27(39)30-11-4-12-35(13-17-5-6-17)14-20-22(37)23(38)26(40-20)36-16-33-21-24(29)31-15-32-25(21)36/h7-10,15-17,20,22-23,26,37-38H,4-6,11-14H2,1-3H3,(H2,29,31,32)(H2,30,34,39). The van der Waals surface area contributed by atoms with E-state index < -0.39 is 24.5 Å². The topological polar surface area (TPSA) is 164 Å². The Labute approximate surface area is 234 Å². The zero-order chi connectivity index (χ0) is 28.4. The summed E-state index contributed by atoms with van der Waals surface area (Å²) in [5.41, 5.74) is 8.77. The lowest BCUT2D eigenvalue weighted by Crippen LogP contribution is -2.42. The Morgan fingerprint density at radius 3 is 2.58 bits per heavy atom. The van der Waals surface area contributed by atoms with Crippen LogP contribution in [0.25, 0.3) is 11.2 Å². The second kappa shape index (κ2) is 11.7. The fourth-order valence-electron chi connectivity index (χ4n) is 5.08. The van der Waals surface area contributed by atoms with E-state index >= 15 is 0 Å². The van der Waals surface area contributed by atoms with Crippen LogP contribution < -0.4 is 16.4 Å². The van der Waals surface area contributed by atoms with Gasteiger partial charge in [-0.05, 0) is 54.8 Å². The molecular weight excluding hydrogens is 512 g/mol. The van der Waals surface area contributed by atoms with Gasteiger partial charge in [-0.15, -0.1) is 0 Å². The minimum atomic E-state index is -1.15. The lowest BCUT2D eigenvalue weighted by molar-refractivity contribution is -0.0445. The van der Waals surface area contributed by atoms with Crippen LogP contribution >= 0.6 is 0 Å². The first kappa shape index (κ1) is 28.2. The molecule has 1 aromatic carbocycles. The van der Waals surface area contributed by atoms with Gasteiger partial charge in [-0.3, -0.25) is 4.57 Å². The lowest BCUT2D eigenvalue weighted by Gasteiger charge is -2.26. The van der Waals surface area contributed by atoms with Gasteiger partial charge in [-0.1, -0.05) is 32.9 Å². The molecule has 2 fully saturated rings. The van der Waals surface area contributed by atoms with Gasteiger partial charge in [0.1, 0.15) is 30.2 Å². The van der Waals surface area contributed by atoms with Crippen LogP contribution in [0.5, 0.6) is 0 Å². The normalized spacial score (nSPS) is 23.1.